The Balaban J connectivity index is 1.81. The molecule has 0 aliphatic carbocycles. The van der Waals surface area contributed by atoms with Crippen LogP contribution in [0.15, 0.2) is 30.6 Å². The summed E-state index contributed by atoms with van der Waals surface area (Å²) in [6.07, 6.45) is 1.32. The highest BCUT2D eigenvalue weighted by Gasteiger charge is 2.07. The largest absolute Gasteiger partial charge is 0.491 e. The Hall–Kier alpha value is -2.28. The van der Waals surface area contributed by atoms with Gasteiger partial charge in [0.1, 0.15) is 24.7 Å². The average Bonchev–Trinajstić information content (AvgIpc) is 2.90. The Morgan fingerprint density at radius 1 is 1.39 bits per heavy atom. The lowest BCUT2D eigenvalue weighted by Gasteiger charge is -2.11. The van der Waals surface area contributed by atoms with Gasteiger partial charge >= 0.3 is 0 Å². The van der Waals surface area contributed by atoms with Crippen molar-refractivity contribution in [2.75, 3.05) is 6.61 Å². The molecular formula is C11H12N4O3. The summed E-state index contributed by atoms with van der Waals surface area (Å²) in [5, 5.41) is 20.6. The van der Waals surface area contributed by atoms with E-state index in [0.29, 0.717) is 11.3 Å². The second kappa shape index (κ2) is 5.87. The molecular weight excluding hydrogens is 236 g/mol. The van der Waals surface area contributed by atoms with Gasteiger partial charge in [-0.05, 0) is 29.5 Å². The highest BCUT2D eigenvalue weighted by atomic mass is 16.5. The van der Waals surface area contributed by atoms with Crippen molar-refractivity contribution >= 4 is 6.29 Å². The van der Waals surface area contributed by atoms with E-state index in [0.717, 1.165) is 6.29 Å². The summed E-state index contributed by atoms with van der Waals surface area (Å²) in [6.45, 7) is 0.328. The van der Waals surface area contributed by atoms with Crippen LogP contribution in [-0.2, 0) is 6.54 Å². The number of aliphatic hydroxyl groups is 1. The fourth-order valence-corrected chi connectivity index (χ4v) is 1.35. The van der Waals surface area contributed by atoms with Gasteiger partial charge in [-0.15, -0.1) is 10.2 Å². The number of hydrogen-bond acceptors (Lipinski definition) is 6. The van der Waals surface area contributed by atoms with Crippen LogP contribution >= 0.6 is 0 Å². The number of aldehydes is 1. The maximum absolute atomic E-state index is 10.5. The van der Waals surface area contributed by atoms with Crippen molar-refractivity contribution in [3.05, 3.63) is 36.2 Å². The lowest BCUT2D eigenvalue weighted by Crippen LogP contribution is -2.24. The van der Waals surface area contributed by atoms with Crippen molar-refractivity contribution in [2.45, 2.75) is 12.6 Å². The molecule has 0 radical (unpaired) electrons. The predicted octanol–water partition coefficient (Wildman–Crippen LogP) is -0.0745. The molecule has 0 saturated carbocycles. The quantitative estimate of drug-likeness (QED) is 0.719. The zero-order chi connectivity index (χ0) is 12.8. The minimum atomic E-state index is -0.732. The van der Waals surface area contributed by atoms with Crippen molar-refractivity contribution in [1.82, 2.24) is 20.2 Å². The monoisotopic (exact) mass is 248 g/mol. The number of aliphatic hydroxyl groups excluding tert-OH is 1. The molecule has 0 unspecified atom stereocenters. The number of benzene rings is 1. The normalized spacial score (nSPS) is 12.1. The van der Waals surface area contributed by atoms with Gasteiger partial charge in [0.25, 0.3) is 0 Å². The molecule has 0 aliphatic heterocycles. The molecule has 0 aliphatic rings. The molecule has 0 saturated heterocycles. The molecule has 1 heterocycles. The predicted molar refractivity (Wildman–Crippen MR) is 61.1 cm³/mol. The molecule has 94 valence electrons. The SMILES string of the molecule is O=Cc1ccc(OC[C@@H](O)Cn2ncnn2)cc1. The van der Waals surface area contributed by atoms with Crippen molar-refractivity contribution in [3.8, 4) is 5.75 Å². The van der Waals surface area contributed by atoms with Gasteiger partial charge in [-0.25, -0.2) is 0 Å². The van der Waals surface area contributed by atoms with E-state index in [-0.39, 0.29) is 13.2 Å². The summed E-state index contributed by atoms with van der Waals surface area (Å²) < 4.78 is 5.36. The minimum absolute atomic E-state index is 0.113. The first kappa shape index (κ1) is 12.2. The molecule has 1 aromatic carbocycles. The zero-order valence-corrected chi connectivity index (χ0v) is 9.51. The van der Waals surface area contributed by atoms with Crippen LogP contribution in [-0.4, -0.2) is 44.3 Å². The van der Waals surface area contributed by atoms with Crippen molar-refractivity contribution in [1.29, 1.82) is 0 Å². The third-order valence-electron chi connectivity index (χ3n) is 2.22. The summed E-state index contributed by atoms with van der Waals surface area (Å²) in [5.74, 6) is 0.589. The molecule has 0 spiro atoms. The lowest BCUT2D eigenvalue weighted by atomic mass is 10.2. The van der Waals surface area contributed by atoms with E-state index >= 15 is 0 Å². The fraction of sp³-hybridized carbons (Fsp3) is 0.273. The van der Waals surface area contributed by atoms with Crippen LogP contribution in [0.2, 0.25) is 0 Å². The molecule has 1 aromatic heterocycles. The second-order valence-corrected chi connectivity index (χ2v) is 3.64. The Morgan fingerprint density at radius 3 is 2.78 bits per heavy atom. The number of tetrazole rings is 1. The smallest absolute Gasteiger partial charge is 0.162 e. The molecule has 1 N–H and O–H groups in total. The Bertz CT molecular complexity index is 483. The van der Waals surface area contributed by atoms with Gasteiger partial charge in [0.2, 0.25) is 0 Å². The lowest BCUT2D eigenvalue weighted by molar-refractivity contribution is 0.0849. The number of rotatable bonds is 6. The molecule has 7 heteroatoms. The van der Waals surface area contributed by atoms with Gasteiger partial charge in [-0.1, -0.05) is 0 Å². The van der Waals surface area contributed by atoms with E-state index in [1.165, 1.54) is 11.1 Å². The van der Waals surface area contributed by atoms with Crippen molar-refractivity contribution in [2.24, 2.45) is 0 Å². The van der Waals surface area contributed by atoms with Crippen LogP contribution < -0.4 is 4.74 Å². The molecule has 0 bridgehead atoms. The number of aromatic nitrogens is 4. The van der Waals surface area contributed by atoms with E-state index in [4.69, 9.17) is 4.74 Å². The highest BCUT2D eigenvalue weighted by molar-refractivity contribution is 5.74. The number of ether oxygens (including phenoxy) is 1. The van der Waals surface area contributed by atoms with Crippen LogP contribution in [0, 0.1) is 0 Å². The first-order valence-electron chi connectivity index (χ1n) is 5.35. The van der Waals surface area contributed by atoms with Crippen LogP contribution in [0.4, 0.5) is 0 Å². The van der Waals surface area contributed by atoms with E-state index in [1.54, 1.807) is 24.3 Å². The van der Waals surface area contributed by atoms with E-state index < -0.39 is 6.10 Å². The van der Waals surface area contributed by atoms with E-state index in [2.05, 4.69) is 15.4 Å². The summed E-state index contributed by atoms with van der Waals surface area (Å²) in [7, 11) is 0. The molecule has 0 amide bonds. The van der Waals surface area contributed by atoms with Crippen molar-refractivity contribution < 1.29 is 14.6 Å². The van der Waals surface area contributed by atoms with E-state index in [1.807, 2.05) is 0 Å². The molecule has 1 atom stereocenters. The third-order valence-corrected chi connectivity index (χ3v) is 2.22. The topological polar surface area (TPSA) is 90.1 Å². The van der Waals surface area contributed by atoms with Gasteiger partial charge in [0.05, 0.1) is 6.54 Å². The summed E-state index contributed by atoms with van der Waals surface area (Å²) in [6, 6.07) is 6.63. The van der Waals surface area contributed by atoms with Gasteiger partial charge in [0.15, 0.2) is 6.33 Å². The van der Waals surface area contributed by atoms with Gasteiger partial charge < -0.3 is 9.84 Å². The number of carbonyl (C=O) groups is 1. The van der Waals surface area contributed by atoms with Crippen LogP contribution in [0.5, 0.6) is 5.75 Å². The molecule has 18 heavy (non-hydrogen) atoms. The second-order valence-electron chi connectivity index (χ2n) is 3.64. The van der Waals surface area contributed by atoms with Crippen molar-refractivity contribution in [3.63, 3.8) is 0 Å². The first-order valence-corrected chi connectivity index (χ1v) is 5.35. The molecule has 2 aromatic rings. The standard InChI is InChI=1S/C11H12N4O3/c16-6-9-1-3-11(4-2-9)18-7-10(17)5-15-13-8-12-14-15/h1-4,6,8,10,17H,5,7H2/t10-/m0/s1. The number of hydrogen-bond donors (Lipinski definition) is 1. The molecule has 0 fully saturated rings. The van der Waals surface area contributed by atoms with Crippen LogP contribution in [0.3, 0.4) is 0 Å². The summed E-state index contributed by atoms with van der Waals surface area (Å²) >= 11 is 0. The third kappa shape index (κ3) is 3.36. The van der Waals surface area contributed by atoms with Gasteiger partial charge in [0, 0.05) is 5.56 Å². The number of carbonyl (C=O) groups excluding carboxylic acids is 1. The Labute approximate surface area is 103 Å². The maximum atomic E-state index is 10.5. The summed E-state index contributed by atoms with van der Waals surface area (Å²) in [5.41, 5.74) is 0.578. The van der Waals surface area contributed by atoms with Gasteiger partial charge in [-0.2, -0.15) is 4.80 Å². The average molecular weight is 248 g/mol. The maximum Gasteiger partial charge on any atom is 0.162 e. The Kier molecular flexibility index (Phi) is 3.98. The first-order chi connectivity index (χ1) is 8.78. The zero-order valence-electron chi connectivity index (χ0n) is 9.51. The minimum Gasteiger partial charge on any atom is -0.491 e. The molecule has 2 rings (SSSR count). The van der Waals surface area contributed by atoms with Crippen LogP contribution in [0.25, 0.3) is 0 Å². The van der Waals surface area contributed by atoms with E-state index in [9.17, 15) is 9.90 Å². The Morgan fingerprint density at radius 2 is 2.17 bits per heavy atom. The van der Waals surface area contributed by atoms with Crippen LogP contribution in [0.1, 0.15) is 10.4 Å². The highest BCUT2D eigenvalue weighted by Crippen LogP contribution is 2.11. The molecule has 7 nitrogen and oxygen atoms in total. The fourth-order valence-electron chi connectivity index (χ4n) is 1.35. The van der Waals surface area contributed by atoms with Gasteiger partial charge in [-0.3, -0.25) is 4.79 Å². The number of nitrogens with zero attached hydrogens (tertiary/aromatic N) is 4. The summed E-state index contributed by atoms with van der Waals surface area (Å²) in [4.78, 5) is 11.7.